The molecule has 2 N–H and O–H groups in total. The first kappa shape index (κ1) is 13.9. The number of nitrogens with zero attached hydrogens (tertiary/aromatic N) is 2. The molecule has 1 heterocycles. The van der Waals surface area contributed by atoms with Crippen molar-refractivity contribution in [3.63, 3.8) is 0 Å². The van der Waals surface area contributed by atoms with Gasteiger partial charge in [-0.15, -0.1) is 0 Å². The molecule has 0 bridgehead atoms. The van der Waals surface area contributed by atoms with Gasteiger partial charge in [0.2, 0.25) is 0 Å². The first-order valence-electron chi connectivity index (χ1n) is 5.64. The predicted molar refractivity (Wildman–Crippen MR) is 74.3 cm³/mol. The lowest BCUT2D eigenvalue weighted by molar-refractivity contribution is 0.458. The maximum atomic E-state index is 13.9. The summed E-state index contributed by atoms with van der Waals surface area (Å²) in [5.41, 5.74) is -0.292. The molecular weight excluding hydrogens is 325 g/mol. The van der Waals surface area contributed by atoms with Crippen LogP contribution in [0.15, 0.2) is 24.3 Å². The van der Waals surface area contributed by atoms with Gasteiger partial charge in [-0.25, -0.2) is 13.5 Å². The Morgan fingerprint density at radius 1 is 1.05 bits per heavy atom. The number of halogens is 4. The molecule has 0 saturated carbocycles. The van der Waals surface area contributed by atoms with E-state index in [2.05, 4.69) is 5.10 Å². The average Bonchev–Trinajstić information content (AvgIpc) is 2.71. The first-order chi connectivity index (χ1) is 9.90. The largest absolute Gasteiger partial charge is 0.508 e. The lowest BCUT2D eigenvalue weighted by Gasteiger charge is -2.06. The highest BCUT2D eigenvalue weighted by atomic mass is 35.5. The molecule has 0 saturated heterocycles. The quantitative estimate of drug-likeness (QED) is 0.708. The van der Waals surface area contributed by atoms with E-state index < -0.39 is 23.1 Å². The Labute approximate surface area is 126 Å². The van der Waals surface area contributed by atoms with Gasteiger partial charge in [0.05, 0.1) is 15.9 Å². The van der Waals surface area contributed by atoms with Gasteiger partial charge in [-0.2, -0.15) is 5.10 Å². The molecule has 2 aromatic carbocycles. The second kappa shape index (κ2) is 4.75. The molecule has 0 unspecified atom stereocenters. The standard InChI is InChI=1S/C13H6Cl2F2N2O2/c14-11-9(21)2-1-8-10(11)13(15)19(18-8)12-6(16)3-5(20)4-7(12)17/h1-4,20-21H. The maximum Gasteiger partial charge on any atom is 0.155 e. The summed E-state index contributed by atoms with van der Waals surface area (Å²) in [7, 11) is 0. The fourth-order valence-corrected chi connectivity index (χ4v) is 2.61. The van der Waals surface area contributed by atoms with Gasteiger partial charge >= 0.3 is 0 Å². The number of aromatic hydroxyl groups is 2. The third-order valence-electron chi connectivity index (χ3n) is 2.91. The van der Waals surface area contributed by atoms with Crippen LogP contribution in [0.5, 0.6) is 11.5 Å². The molecule has 1 aromatic heterocycles. The van der Waals surface area contributed by atoms with E-state index >= 15 is 0 Å². The van der Waals surface area contributed by atoms with Crippen LogP contribution in [0.25, 0.3) is 16.6 Å². The molecule has 0 aliphatic carbocycles. The zero-order valence-corrected chi connectivity index (χ0v) is 11.6. The number of rotatable bonds is 1. The minimum absolute atomic E-state index is 0.0663. The summed E-state index contributed by atoms with van der Waals surface area (Å²) in [6.45, 7) is 0. The van der Waals surface area contributed by atoms with E-state index in [1.165, 1.54) is 12.1 Å². The second-order valence-electron chi connectivity index (χ2n) is 4.25. The molecule has 0 radical (unpaired) electrons. The Morgan fingerprint density at radius 3 is 2.29 bits per heavy atom. The van der Waals surface area contributed by atoms with Crippen molar-refractivity contribution in [1.29, 1.82) is 0 Å². The van der Waals surface area contributed by atoms with E-state index in [1.54, 1.807) is 0 Å². The lowest BCUT2D eigenvalue weighted by atomic mass is 10.2. The molecule has 108 valence electrons. The monoisotopic (exact) mass is 330 g/mol. The van der Waals surface area contributed by atoms with Gasteiger partial charge in [0.25, 0.3) is 0 Å². The average molecular weight is 331 g/mol. The molecule has 0 atom stereocenters. The highest BCUT2D eigenvalue weighted by molar-refractivity contribution is 6.42. The van der Waals surface area contributed by atoms with E-state index in [0.717, 1.165) is 16.8 Å². The molecule has 0 aliphatic heterocycles. The maximum absolute atomic E-state index is 13.9. The summed E-state index contributed by atoms with van der Waals surface area (Å²) < 4.78 is 28.6. The van der Waals surface area contributed by atoms with Crippen LogP contribution in [0.2, 0.25) is 10.2 Å². The molecular formula is C13H6Cl2F2N2O2. The van der Waals surface area contributed by atoms with E-state index in [9.17, 15) is 13.9 Å². The fourth-order valence-electron chi connectivity index (χ4n) is 1.99. The summed E-state index contributed by atoms with van der Waals surface area (Å²) in [4.78, 5) is 0. The van der Waals surface area contributed by atoms with E-state index in [-0.39, 0.29) is 26.8 Å². The van der Waals surface area contributed by atoms with Crippen LogP contribution in [0.1, 0.15) is 0 Å². The van der Waals surface area contributed by atoms with Crippen LogP contribution >= 0.6 is 23.2 Å². The Hall–Kier alpha value is -2.05. The second-order valence-corrected chi connectivity index (χ2v) is 4.99. The number of phenols is 2. The van der Waals surface area contributed by atoms with Gasteiger partial charge in [-0.05, 0) is 12.1 Å². The zero-order valence-electron chi connectivity index (χ0n) is 10.1. The van der Waals surface area contributed by atoms with Crippen molar-refractivity contribution < 1.29 is 19.0 Å². The van der Waals surface area contributed by atoms with Gasteiger partial charge in [-0.1, -0.05) is 23.2 Å². The lowest BCUT2D eigenvalue weighted by Crippen LogP contribution is -2.03. The highest BCUT2D eigenvalue weighted by Gasteiger charge is 2.21. The Balaban J connectivity index is 2.37. The minimum Gasteiger partial charge on any atom is -0.508 e. The predicted octanol–water partition coefficient (Wildman–Crippen LogP) is 4.02. The van der Waals surface area contributed by atoms with Crippen molar-refractivity contribution in [3.8, 4) is 17.2 Å². The van der Waals surface area contributed by atoms with Crippen LogP contribution in [-0.2, 0) is 0 Å². The van der Waals surface area contributed by atoms with Crippen molar-refractivity contribution >= 4 is 34.1 Å². The van der Waals surface area contributed by atoms with Crippen molar-refractivity contribution in [2.45, 2.75) is 0 Å². The van der Waals surface area contributed by atoms with Gasteiger partial charge in [0, 0.05) is 12.1 Å². The van der Waals surface area contributed by atoms with Crippen molar-refractivity contribution in [2.75, 3.05) is 0 Å². The third-order valence-corrected chi connectivity index (χ3v) is 3.64. The Morgan fingerprint density at radius 2 is 1.67 bits per heavy atom. The van der Waals surface area contributed by atoms with Gasteiger partial charge < -0.3 is 10.2 Å². The summed E-state index contributed by atoms with van der Waals surface area (Å²) in [5.74, 6) is -2.86. The topological polar surface area (TPSA) is 58.3 Å². The van der Waals surface area contributed by atoms with Crippen LogP contribution in [0, 0.1) is 11.6 Å². The van der Waals surface area contributed by atoms with Gasteiger partial charge in [0.1, 0.15) is 22.3 Å². The van der Waals surface area contributed by atoms with E-state index in [4.69, 9.17) is 28.3 Å². The smallest absolute Gasteiger partial charge is 0.155 e. The summed E-state index contributed by atoms with van der Waals surface area (Å²) in [5, 5.41) is 22.6. The molecule has 0 aliphatic rings. The minimum atomic E-state index is -1.04. The number of fused-ring (bicyclic) bond motifs is 1. The van der Waals surface area contributed by atoms with Crippen LogP contribution in [0.4, 0.5) is 8.78 Å². The summed E-state index contributed by atoms with van der Waals surface area (Å²) in [6.07, 6.45) is 0. The molecule has 21 heavy (non-hydrogen) atoms. The first-order valence-corrected chi connectivity index (χ1v) is 6.40. The molecule has 0 fully saturated rings. The number of phenolic OH excluding ortho intramolecular Hbond substituents is 2. The van der Waals surface area contributed by atoms with E-state index in [0.29, 0.717) is 0 Å². The molecule has 3 rings (SSSR count). The molecule has 4 nitrogen and oxygen atoms in total. The summed E-state index contributed by atoms with van der Waals surface area (Å²) >= 11 is 12.0. The van der Waals surface area contributed by atoms with Crippen LogP contribution < -0.4 is 0 Å². The van der Waals surface area contributed by atoms with Crippen LogP contribution in [0.3, 0.4) is 0 Å². The Bertz CT molecular complexity index is 857. The van der Waals surface area contributed by atoms with Gasteiger partial charge in [0.15, 0.2) is 11.6 Å². The Kier molecular flexibility index (Phi) is 3.15. The molecule has 0 amide bonds. The normalized spacial score (nSPS) is 11.2. The van der Waals surface area contributed by atoms with Crippen molar-refractivity contribution in [2.24, 2.45) is 0 Å². The number of aromatic nitrogens is 2. The van der Waals surface area contributed by atoms with Crippen LogP contribution in [-0.4, -0.2) is 20.0 Å². The van der Waals surface area contributed by atoms with Crippen molar-refractivity contribution in [1.82, 2.24) is 9.78 Å². The fraction of sp³-hybridized carbons (Fsp3) is 0. The zero-order chi connectivity index (χ0) is 15.3. The SMILES string of the molecule is Oc1cc(F)c(-n2nc3ccc(O)c(Cl)c3c2Cl)c(F)c1. The number of benzene rings is 2. The van der Waals surface area contributed by atoms with E-state index in [1.807, 2.05) is 0 Å². The number of hydrogen-bond donors (Lipinski definition) is 2. The molecule has 0 spiro atoms. The molecule has 3 aromatic rings. The number of hydrogen-bond acceptors (Lipinski definition) is 3. The highest BCUT2D eigenvalue weighted by Crippen LogP contribution is 2.38. The van der Waals surface area contributed by atoms with Gasteiger partial charge in [-0.3, -0.25) is 0 Å². The molecule has 8 heteroatoms. The third kappa shape index (κ3) is 2.07. The van der Waals surface area contributed by atoms with Crippen molar-refractivity contribution in [3.05, 3.63) is 46.1 Å². The summed E-state index contributed by atoms with van der Waals surface area (Å²) in [6, 6.07) is 4.18.